The Bertz CT molecular complexity index is 567. The fraction of sp³-hybridized carbons (Fsp3) is 0.333. The summed E-state index contributed by atoms with van der Waals surface area (Å²) in [4.78, 5) is 8.62. The van der Waals surface area contributed by atoms with Gasteiger partial charge in [-0.25, -0.2) is 14.4 Å². The number of aromatic nitrogens is 2. The van der Waals surface area contributed by atoms with Crippen molar-refractivity contribution in [3.05, 3.63) is 42.0 Å². The van der Waals surface area contributed by atoms with Crippen LogP contribution in [0, 0.1) is 5.82 Å². The minimum atomic E-state index is -0.254. The van der Waals surface area contributed by atoms with Crippen LogP contribution in [-0.4, -0.2) is 16.5 Å². The van der Waals surface area contributed by atoms with E-state index in [2.05, 4.69) is 29.1 Å². The van der Waals surface area contributed by atoms with Gasteiger partial charge in [0.1, 0.15) is 18.0 Å². The molecule has 0 saturated carbocycles. The first kappa shape index (κ1) is 13.5. The van der Waals surface area contributed by atoms with E-state index in [-0.39, 0.29) is 11.7 Å². The highest BCUT2D eigenvalue weighted by Gasteiger charge is 2.16. The van der Waals surface area contributed by atoms with Crippen molar-refractivity contribution in [2.45, 2.75) is 26.7 Å². The minimum absolute atomic E-state index is 0.254. The maximum atomic E-state index is 13.4. The molecule has 0 atom stereocenters. The van der Waals surface area contributed by atoms with Crippen molar-refractivity contribution < 1.29 is 4.39 Å². The summed E-state index contributed by atoms with van der Waals surface area (Å²) in [5, 5.41) is 3.24. The van der Waals surface area contributed by atoms with Gasteiger partial charge < -0.3 is 5.32 Å². The zero-order chi connectivity index (χ0) is 13.8. The average Bonchev–Trinajstić information content (AvgIpc) is 2.38. The molecule has 0 aliphatic heterocycles. The van der Waals surface area contributed by atoms with Crippen LogP contribution in [0.5, 0.6) is 0 Å². The van der Waals surface area contributed by atoms with Crippen molar-refractivity contribution in [2.24, 2.45) is 0 Å². The van der Waals surface area contributed by atoms with Crippen LogP contribution in [0.15, 0.2) is 30.6 Å². The van der Waals surface area contributed by atoms with E-state index < -0.39 is 0 Å². The first-order valence-corrected chi connectivity index (χ1v) is 6.48. The monoisotopic (exact) mass is 259 g/mol. The molecule has 0 aliphatic carbocycles. The summed E-state index contributed by atoms with van der Waals surface area (Å²) in [6.07, 6.45) is 1.52. The van der Waals surface area contributed by atoms with Crippen LogP contribution in [0.2, 0.25) is 0 Å². The molecule has 0 amide bonds. The normalized spacial score (nSPS) is 10.8. The van der Waals surface area contributed by atoms with E-state index in [1.165, 1.54) is 18.5 Å². The van der Waals surface area contributed by atoms with Gasteiger partial charge in [0.25, 0.3) is 0 Å². The number of anilines is 1. The molecule has 0 aliphatic rings. The molecule has 0 radical (unpaired) electrons. The standard InChI is InChI=1S/C15H18FN3/c1-4-17-15-13(10(2)3)14(18-9-19-15)11-6-5-7-12(16)8-11/h5-10H,4H2,1-3H3,(H,17,18,19). The maximum absolute atomic E-state index is 13.4. The van der Waals surface area contributed by atoms with Crippen molar-refractivity contribution in [1.29, 1.82) is 0 Å². The van der Waals surface area contributed by atoms with Crippen molar-refractivity contribution in [1.82, 2.24) is 9.97 Å². The van der Waals surface area contributed by atoms with Crippen LogP contribution in [0.4, 0.5) is 10.2 Å². The third-order valence-corrected chi connectivity index (χ3v) is 2.90. The Morgan fingerprint density at radius 2 is 2.05 bits per heavy atom. The molecular weight excluding hydrogens is 241 g/mol. The molecule has 1 N–H and O–H groups in total. The third-order valence-electron chi connectivity index (χ3n) is 2.90. The molecule has 0 unspecified atom stereocenters. The van der Waals surface area contributed by atoms with Crippen LogP contribution in [0.25, 0.3) is 11.3 Å². The van der Waals surface area contributed by atoms with E-state index in [0.717, 1.165) is 29.2 Å². The molecule has 1 aromatic heterocycles. The van der Waals surface area contributed by atoms with E-state index in [9.17, 15) is 4.39 Å². The Morgan fingerprint density at radius 3 is 2.68 bits per heavy atom. The summed E-state index contributed by atoms with van der Waals surface area (Å²) in [7, 11) is 0. The van der Waals surface area contributed by atoms with Gasteiger partial charge in [0.15, 0.2) is 0 Å². The largest absolute Gasteiger partial charge is 0.370 e. The van der Waals surface area contributed by atoms with Crippen molar-refractivity contribution in [2.75, 3.05) is 11.9 Å². The highest BCUT2D eigenvalue weighted by Crippen LogP contribution is 2.31. The number of nitrogens with one attached hydrogen (secondary N) is 1. The quantitative estimate of drug-likeness (QED) is 0.906. The Morgan fingerprint density at radius 1 is 1.26 bits per heavy atom. The number of hydrogen-bond donors (Lipinski definition) is 1. The topological polar surface area (TPSA) is 37.8 Å². The van der Waals surface area contributed by atoms with Gasteiger partial charge in [-0.1, -0.05) is 26.0 Å². The fourth-order valence-electron chi connectivity index (χ4n) is 2.12. The van der Waals surface area contributed by atoms with Gasteiger partial charge >= 0.3 is 0 Å². The lowest BCUT2D eigenvalue weighted by Crippen LogP contribution is -2.07. The van der Waals surface area contributed by atoms with Crippen molar-refractivity contribution in [3.63, 3.8) is 0 Å². The second kappa shape index (κ2) is 5.78. The maximum Gasteiger partial charge on any atom is 0.133 e. The molecule has 1 aromatic carbocycles. The van der Waals surface area contributed by atoms with E-state index in [1.807, 2.05) is 13.0 Å². The van der Waals surface area contributed by atoms with Gasteiger partial charge in [-0.2, -0.15) is 0 Å². The summed E-state index contributed by atoms with van der Waals surface area (Å²) in [6, 6.07) is 6.51. The van der Waals surface area contributed by atoms with Gasteiger partial charge in [-0.15, -0.1) is 0 Å². The fourth-order valence-corrected chi connectivity index (χ4v) is 2.12. The van der Waals surface area contributed by atoms with Crippen molar-refractivity contribution in [3.8, 4) is 11.3 Å². The number of hydrogen-bond acceptors (Lipinski definition) is 3. The van der Waals surface area contributed by atoms with Crippen LogP contribution in [-0.2, 0) is 0 Å². The lowest BCUT2D eigenvalue weighted by molar-refractivity contribution is 0.628. The number of nitrogens with zero attached hydrogens (tertiary/aromatic N) is 2. The Balaban J connectivity index is 2.59. The third kappa shape index (κ3) is 2.89. The van der Waals surface area contributed by atoms with Crippen molar-refractivity contribution >= 4 is 5.82 Å². The average molecular weight is 259 g/mol. The summed E-state index contributed by atoms with van der Waals surface area (Å²) in [6.45, 7) is 6.98. The molecule has 4 heteroatoms. The number of benzene rings is 1. The second-order valence-corrected chi connectivity index (χ2v) is 4.68. The SMILES string of the molecule is CCNc1ncnc(-c2cccc(F)c2)c1C(C)C. The van der Waals surface area contributed by atoms with Crippen LogP contribution in [0.3, 0.4) is 0 Å². The van der Waals surface area contributed by atoms with Gasteiger partial charge in [-0.05, 0) is 25.0 Å². The second-order valence-electron chi connectivity index (χ2n) is 4.68. The van der Waals surface area contributed by atoms with Gasteiger partial charge in [0.2, 0.25) is 0 Å². The summed E-state index contributed by atoms with van der Waals surface area (Å²) < 4.78 is 13.4. The Kier molecular flexibility index (Phi) is 4.10. The molecule has 1 heterocycles. The van der Waals surface area contributed by atoms with E-state index >= 15 is 0 Å². The molecule has 0 fully saturated rings. The minimum Gasteiger partial charge on any atom is -0.370 e. The summed E-state index contributed by atoms with van der Waals surface area (Å²) in [5.41, 5.74) is 2.60. The molecular formula is C15H18FN3. The Labute approximate surface area is 112 Å². The molecule has 0 saturated heterocycles. The van der Waals surface area contributed by atoms with E-state index in [4.69, 9.17) is 0 Å². The predicted octanol–water partition coefficient (Wildman–Crippen LogP) is 3.84. The lowest BCUT2D eigenvalue weighted by atomic mass is 9.97. The zero-order valence-electron chi connectivity index (χ0n) is 11.4. The molecule has 100 valence electrons. The zero-order valence-corrected chi connectivity index (χ0v) is 11.4. The Hall–Kier alpha value is -1.97. The molecule has 19 heavy (non-hydrogen) atoms. The number of rotatable bonds is 4. The number of halogens is 1. The molecule has 0 bridgehead atoms. The summed E-state index contributed by atoms with van der Waals surface area (Å²) in [5.74, 6) is 0.830. The van der Waals surface area contributed by atoms with Crippen LogP contribution in [0.1, 0.15) is 32.3 Å². The predicted molar refractivity (Wildman–Crippen MR) is 75.7 cm³/mol. The van der Waals surface area contributed by atoms with E-state index in [0.29, 0.717) is 0 Å². The molecule has 2 aromatic rings. The highest BCUT2D eigenvalue weighted by atomic mass is 19.1. The summed E-state index contributed by atoms with van der Waals surface area (Å²) >= 11 is 0. The highest BCUT2D eigenvalue weighted by molar-refractivity contribution is 5.69. The van der Waals surface area contributed by atoms with Gasteiger partial charge in [0, 0.05) is 17.7 Å². The van der Waals surface area contributed by atoms with Gasteiger partial charge in [-0.3, -0.25) is 0 Å². The van der Waals surface area contributed by atoms with E-state index in [1.54, 1.807) is 6.07 Å². The molecule has 3 nitrogen and oxygen atoms in total. The first-order valence-electron chi connectivity index (χ1n) is 6.48. The first-order chi connectivity index (χ1) is 9.13. The molecule has 0 spiro atoms. The van der Waals surface area contributed by atoms with Crippen LogP contribution >= 0.6 is 0 Å². The smallest absolute Gasteiger partial charge is 0.133 e. The van der Waals surface area contributed by atoms with Crippen LogP contribution < -0.4 is 5.32 Å². The lowest BCUT2D eigenvalue weighted by Gasteiger charge is -2.16. The molecule has 2 rings (SSSR count). The van der Waals surface area contributed by atoms with Gasteiger partial charge in [0.05, 0.1) is 5.69 Å².